The predicted molar refractivity (Wildman–Crippen MR) is 106 cm³/mol. The van der Waals surface area contributed by atoms with Gasteiger partial charge in [0.05, 0.1) is 23.4 Å². The topological polar surface area (TPSA) is 64.7 Å². The van der Waals surface area contributed by atoms with E-state index in [1.54, 1.807) is 12.7 Å². The third kappa shape index (κ3) is 2.41. The number of para-hydroxylation sites is 2. The molecule has 138 valence electrons. The number of imidazole rings is 2. The van der Waals surface area contributed by atoms with Crippen LogP contribution in [0.4, 0.5) is 5.82 Å². The van der Waals surface area contributed by atoms with E-state index in [1.807, 2.05) is 11.6 Å². The summed E-state index contributed by atoms with van der Waals surface area (Å²) in [5.74, 6) is 2.05. The van der Waals surface area contributed by atoms with Gasteiger partial charge in [0.15, 0.2) is 17.0 Å². The summed E-state index contributed by atoms with van der Waals surface area (Å²) in [5.41, 5.74) is 3.99. The van der Waals surface area contributed by atoms with Crippen LogP contribution in [0.3, 0.4) is 0 Å². The molecule has 4 aromatic rings. The van der Waals surface area contributed by atoms with Gasteiger partial charge in [-0.25, -0.2) is 19.9 Å². The number of aryl methyl sites for hydroxylation is 1. The lowest BCUT2D eigenvalue weighted by molar-refractivity contribution is 0.372. The Morgan fingerprint density at radius 2 is 1.81 bits per heavy atom. The van der Waals surface area contributed by atoms with E-state index in [0.29, 0.717) is 6.04 Å². The van der Waals surface area contributed by atoms with E-state index in [2.05, 4.69) is 69.5 Å². The first kappa shape index (κ1) is 16.2. The number of hydrogen-bond acceptors (Lipinski definition) is 5. The molecule has 5 rings (SSSR count). The molecule has 7 nitrogen and oxygen atoms in total. The van der Waals surface area contributed by atoms with Gasteiger partial charge in [0.1, 0.15) is 12.2 Å². The first-order chi connectivity index (χ1) is 12.9. The molecule has 0 amide bonds. The molecular formula is C20H23N7. The van der Waals surface area contributed by atoms with Crippen molar-refractivity contribution in [3.8, 4) is 0 Å². The predicted octanol–water partition coefficient (Wildman–Crippen LogP) is 3.07. The molecule has 0 spiro atoms. The number of rotatable bonds is 2. The maximum absolute atomic E-state index is 4.94. The lowest BCUT2D eigenvalue weighted by Crippen LogP contribution is -2.49. The molecule has 1 fully saturated rings. The van der Waals surface area contributed by atoms with Crippen molar-refractivity contribution in [3.63, 3.8) is 0 Å². The van der Waals surface area contributed by atoms with E-state index in [4.69, 9.17) is 4.98 Å². The largest absolute Gasteiger partial charge is 0.350 e. The van der Waals surface area contributed by atoms with Crippen LogP contribution in [-0.2, 0) is 12.5 Å². The summed E-state index contributed by atoms with van der Waals surface area (Å²) >= 11 is 0. The Labute approximate surface area is 157 Å². The Bertz CT molecular complexity index is 1140. The molecule has 3 aromatic heterocycles. The summed E-state index contributed by atoms with van der Waals surface area (Å²) in [6.45, 7) is 8.47. The normalized spacial score (nSPS) is 15.6. The molecule has 0 unspecified atom stereocenters. The Balaban J connectivity index is 1.52. The molecule has 7 heteroatoms. The van der Waals surface area contributed by atoms with Crippen molar-refractivity contribution in [2.45, 2.75) is 32.2 Å². The number of anilines is 1. The lowest BCUT2D eigenvalue weighted by Gasteiger charge is -2.42. The summed E-state index contributed by atoms with van der Waals surface area (Å²) in [6, 6.07) is 8.78. The molecule has 1 aliphatic heterocycles. The molecule has 1 aromatic carbocycles. The summed E-state index contributed by atoms with van der Waals surface area (Å²) in [4.78, 5) is 20.6. The number of nitrogens with zero attached hydrogens (tertiary/aromatic N) is 7. The van der Waals surface area contributed by atoms with Gasteiger partial charge in [0.2, 0.25) is 0 Å². The van der Waals surface area contributed by atoms with Gasteiger partial charge in [-0.3, -0.25) is 0 Å². The standard InChI is InChI=1S/C20H23N7/c1-20(2,3)19-24-14-7-5-6-8-15(14)27(19)13-9-26(10-13)18-16-17(21-11-22-18)25(4)12-23-16/h5-8,11-13H,9-10H2,1-4H3. The quantitative estimate of drug-likeness (QED) is 0.549. The van der Waals surface area contributed by atoms with Crippen molar-refractivity contribution in [1.82, 2.24) is 29.1 Å². The van der Waals surface area contributed by atoms with Crippen molar-refractivity contribution in [1.29, 1.82) is 0 Å². The Morgan fingerprint density at radius 1 is 1.04 bits per heavy atom. The van der Waals surface area contributed by atoms with Gasteiger partial charge < -0.3 is 14.0 Å². The van der Waals surface area contributed by atoms with E-state index >= 15 is 0 Å². The zero-order valence-corrected chi connectivity index (χ0v) is 16.1. The van der Waals surface area contributed by atoms with E-state index in [0.717, 1.165) is 41.4 Å². The van der Waals surface area contributed by atoms with E-state index in [-0.39, 0.29) is 5.41 Å². The van der Waals surface area contributed by atoms with Crippen LogP contribution in [0.5, 0.6) is 0 Å². The van der Waals surface area contributed by atoms with E-state index in [9.17, 15) is 0 Å². The average molecular weight is 361 g/mol. The maximum Gasteiger partial charge on any atom is 0.165 e. The fraction of sp³-hybridized carbons (Fsp3) is 0.400. The van der Waals surface area contributed by atoms with E-state index < -0.39 is 0 Å². The second-order valence-corrected chi connectivity index (χ2v) is 8.33. The van der Waals surface area contributed by atoms with Crippen LogP contribution in [0.2, 0.25) is 0 Å². The first-order valence-corrected chi connectivity index (χ1v) is 9.28. The summed E-state index contributed by atoms with van der Waals surface area (Å²) in [7, 11) is 1.96. The summed E-state index contributed by atoms with van der Waals surface area (Å²) in [5, 5.41) is 0. The smallest absolute Gasteiger partial charge is 0.165 e. The molecule has 1 aliphatic rings. The van der Waals surface area contributed by atoms with Crippen LogP contribution in [0.15, 0.2) is 36.9 Å². The van der Waals surface area contributed by atoms with Crippen molar-refractivity contribution >= 4 is 28.0 Å². The van der Waals surface area contributed by atoms with Crippen molar-refractivity contribution in [2.24, 2.45) is 7.05 Å². The highest BCUT2D eigenvalue weighted by molar-refractivity contribution is 5.84. The highest BCUT2D eigenvalue weighted by atomic mass is 15.3. The fourth-order valence-electron chi connectivity index (χ4n) is 3.90. The second-order valence-electron chi connectivity index (χ2n) is 8.33. The molecule has 27 heavy (non-hydrogen) atoms. The fourth-order valence-corrected chi connectivity index (χ4v) is 3.90. The van der Waals surface area contributed by atoms with Crippen LogP contribution >= 0.6 is 0 Å². The molecule has 4 heterocycles. The monoisotopic (exact) mass is 361 g/mol. The molecule has 0 saturated carbocycles. The number of fused-ring (bicyclic) bond motifs is 2. The molecular weight excluding hydrogens is 338 g/mol. The first-order valence-electron chi connectivity index (χ1n) is 9.28. The SMILES string of the molecule is Cn1cnc2c(N3CC(n4c(C(C)(C)C)nc5ccccc54)C3)ncnc21. The molecule has 0 atom stereocenters. The van der Waals surface area contributed by atoms with Crippen LogP contribution in [-0.4, -0.2) is 42.2 Å². The minimum atomic E-state index is -0.0113. The Morgan fingerprint density at radius 3 is 2.59 bits per heavy atom. The van der Waals surface area contributed by atoms with Crippen LogP contribution in [0, 0.1) is 0 Å². The van der Waals surface area contributed by atoms with Crippen molar-refractivity contribution in [3.05, 3.63) is 42.7 Å². The number of aromatic nitrogens is 6. The minimum absolute atomic E-state index is 0.0113. The van der Waals surface area contributed by atoms with Crippen LogP contribution in [0.1, 0.15) is 32.6 Å². The van der Waals surface area contributed by atoms with Gasteiger partial charge in [0.25, 0.3) is 0 Å². The van der Waals surface area contributed by atoms with Crippen molar-refractivity contribution < 1.29 is 0 Å². The Hall–Kier alpha value is -2.96. The number of benzene rings is 1. The maximum atomic E-state index is 4.94. The van der Waals surface area contributed by atoms with Gasteiger partial charge in [0, 0.05) is 25.6 Å². The van der Waals surface area contributed by atoms with Gasteiger partial charge in [-0.15, -0.1) is 0 Å². The zero-order chi connectivity index (χ0) is 18.8. The van der Waals surface area contributed by atoms with Gasteiger partial charge in [-0.2, -0.15) is 0 Å². The van der Waals surface area contributed by atoms with Gasteiger partial charge in [-0.05, 0) is 12.1 Å². The average Bonchev–Trinajstić information content (AvgIpc) is 3.16. The summed E-state index contributed by atoms with van der Waals surface area (Å²) in [6.07, 6.45) is 3.42. The van der Waals surface area contributed by atoms with Gasteiger partial charge in [-0.1, -0.05) is 32.9 Å². The van der Waals surface area contributed by atoms with E-state index in [1.165, 1.54) is 5.52 Å². The lowest BCUT2D eigenvalue weighted by atomic mass is 9.94. The van der Waals surface area contributed by atoms with Crippen LogP contribution in [0.25, 0.3) is 22.2 Å². The second kappa shape index (κ2) is 5.52. The van der Waals surface area contributed by atoms with Crippen molar-refractivity contribution in [2.75, 3.05) is 18.0 Å². The third-order valence-electron chi connectivity index (χ3n) is 5.27. The zero-order valence-electron chi connectivity index (χ0n) is 16.1. The van der Waals surface area contributed by atoms with Gasteiger partial charge >= 0.3 is 0 Å². The molecule has 0 radical (unpaired) electrons. The highest BCUT2D eigenvalue weighted by Gasteiger charge is 2.35. The molecule has 0 N–H and O–H groups in total. The Kier molecular flexibility index (Phi) is 3.32. The summed E-state index contributed by atoms with van der Waals surface area (Å²) < 4.78 is 4.35. The van der Waals surface area contributed by atoms with Crippen LogP contribution < -0.4 is 4.90 Å². The minimum Gasteiger partial charge on any atom is -0.350 e. The molecule has 0 bridgehead atoms. The third-order valence-corrected chi connectivity index (χ3v) is 5.27. The number of hydrogen-bond donors (Lipinski definition) is 0. The molecule has 0 aliphatic carbocycles. The molecule has 1 saturated heterocycles. The highest BCUT2D eigenvalue weighted by Crippen LogP contribution is 2.36.